The molecule has 2 N–H and O–H groups in total. The molecular formula is C15H13N3O3S2. The van der Waals surface area contributed by atoms with Gasteiger partial charge < -0.3 is 0 Å². The largest absolute Gasteiger partial charge is 0.273 e. The summed E-state index contributed by atoms with van der Waals surface area (Å²) in [5.41, 5.74) is 1.30. The second-order valence-electron chi connectivity index (χ2n) is 4.79. The van der Waals surface area contributed by atoms with Crippen LogP contribution in [0.5, 0.6) is 0 Å². The highest BCUT2D eigenvalue weighted by molar-refractivity contribution is 8.15. The molecule has 0 bridgehead atoms. The molecule has 6 nitrogen and oxygen atoms in total. The zero-order valence-corrected chi connectivity index (χ0v) is 13.5. The van der Waals surface area contributed by atoms with Crippen molar-refractivity contribution in [2.24, 2.45) is 10.1 Å². The number of carbonyl (C=O) groups is 1. The van der Waals surface area contributed by atoms with E-state index in [-0.39, 0.29) is 10.8 Å². The number of aliphatic imine (C=N–C) groups is 1. The van der Waals surface area contributed by atoms with E-state index in [2.05, 4.69) is 4.99 Å². The van der Waals surface area contributed by atoms with Crippen molar-refractivity contribution >= 4 is 44.2 Å². The van der Waals surface area contributed by atoms with Crippen LogP contribution in [0.3, 0.4) is 0 Å². The topological polar surface area (TPSA) is 92.8 Å². The Bertz CT molecular complexity index is 863. The zero-order valence-electron chi connectivity index (χ0n) is 11.9. The van der Waals surface area contributed by atoms with Gasteiger partial charge in [0.05, 0.1) is 22.0 Å². The number of benzene rings is 2. The number of nitrogens with two attached hydrogens (primary N) is 1. The molecule has 23 heavy (non-hydrogen) atoms. The van der Waals surface area contributed by atoms with Crippen LogP contribution in [0.15, 0.2) is 64.5 Å². The summed E-state index contributed by atoms with van der Waals surface area (Å²) in [6.45, 7) is 0. The number of para-hydroxylation sites is 1. The van der Waals surface area contributed by atoms with Crippen LogP contribution in [0, 0.1) is 0 Å². The number of nitrogens with zero attached hydrogens (tertiary/aromatic N) is 2. The third-order valence-electron chi connectivity index (χ3n) is 3.17. The second kappa shape index (κ2) is 6.15. The van der Waals surface area contributed by atoms with Crippen LogP contribution in [-0.2, 0) is 14.8 Å². The maximum atomic E-state index is 12.1. The Morgan fingerprint density at radius 3 is 2.30 bits per heavy atom. The minimum absolute atomic E-state index is 0.0246. The first kappa shape index (κ1) is 15.7. The van der Waals surface area contributed by atoms with Crippen molar-refractivity contribution in [2.45, 2.75) is 4.90 Å². The molecule has 0 aromatic heterocycles. The van der Waals surface area contributed by atoms with E-state index < -0.39 is 10.0 Å². The summed E-state index contributed by atoms with van der Waals surface area (Å²) < 4.78 is 22.5. The SMILES string of the molecule is NS(=O)(=O)c1ccc(N=C2SCC(=O)N2c2ccccc2)cc1. The minimum Gasteiger partial charge on any atom is -0.273 e. The maximum absolute atomic E-state index is 12.1. The Kier molecular flexibility index (Phi) is 4.20. The summed E-state index contributed by atoms with van der Waals surface area (Å²) in [7, 11) is -3.73. The van der Waals surface area contributed by atoms with Gasteiger partial charge in [-0.15, -0.1) is 0 Å². The fourth-order valence-corrected chi connectivity index (χ4v) is 3.50. The summed E-state index contributed by atoms with van der Waals surface area (Å²) >= 11 is 1.34. The molecule has 1 heterocycles. The first-order chi connectivity index (χ1) is 10.9. The van der Waals surface area contributed by atoms with Crippen LogP contribution < -0.4 is 10.0 Å². The van der Waals surface area contributed by atoms with E-state index in [1.54, 1.807) is 17.0 Å². The first-order valence-electron chi connectivity index (χ1n) is 6.67. The lowest BCUT2D eigenvalue weighted by atomic mass is 10.3. The molecule has 0 spiro atoms. The van der Waals surface area contributed by atoms with Gasteiger partial charge in [0, 0.05) is 0 Å². The number of hydrogen-bond donors (Lipinski definition) is 1. The predicted molar refractivity (Wildman–Crippen MR) is 91.3 cm³/mol. The third kappa shape index (κ3) is 3.44. The lowest BCUT2D eigenvalue weighted by Gasteiger charge is -2.15. The second-order valence-corrected chi connectivity index (χ2v) is 7.29. The number of carbonyl (C=O) groups excluding carboxylic acids is 1. The molecule has 0 saturated carbocycles. The molecule has 1 amide bonds. The van der Waals surface area contributed by atoms with Gasteiger partial charge in [-0.2, -0.15) is 0 Å². The molecule has 0 atom stereocenters. The van der Waals surface area contributed by atoms with Gasteiger partial charge in [-0.1, -0.05) is 30.0 Å². The predicted octanol–water partition coefficient (Wildman–Crippen LogP) is 2.10. The van der Waals surface area contributed by atoms with Crippen LogP contribution in [0.25, 0.3) is 0 Å². The van der Waals surface area contributed by atoms with Crippen molar-refractivity contribution in [3.05, 3.63) is 54.6 Å². The summed E-state index contributed by atoms with van der Waals surface area (Å²) in [5, 5.41) is 5.63. The Morgan fingerprint density at radius 1 is 1.04 bits per heavy atom. The van der Waals surface area contributed by atoms with Crippen LogP contribution in [-0.4, -0.2) is 25.2 Å². The molecule has 1 aliphatic heterocycles. The van der Waals surface area contributed by atoms with Crippen molar-refractivity contribution in [2.75, 3.05) is 10.7 Å². The quantitative estimate of drug-likeness (QED) is 0.920. The standard InChI is InChI=1S/C15H13N3O3S2/c16-23(20,21)13-8-6-11(7-9-13)17-15-18(14(19)10-22-15)12-4-2-1-3-5-12/h1-9H,10H2,(H2,16,20,21). The number of amidine groups is 1. The summed E-state index contributed by atoms with van der Waals surface area (Å²) in [4.78, 5) is 18.1. The number of anilines is 1. The van der Waals surface area contributed by atoms with Crippen molar-refractivity contribution in [1.29, 1.82) is 0 Å². The Hall–Kier alpha value is -2.16. The van der Waals surface area contributed by atoms with Gasteiger partial charge in [0.15, 0.2) is 5.17 Å². The maximum Gasteiger partial charge on any atom is 0.243 e. The van der Waals surface area contributed by atoms with Crippen molar-refractivity contribution in [3.8, 4) is 0 Å². The summed E-state index contributed by atoms with van der Waals surface area (Å²) in [6, 6.07) is 15.1. The number of sulfonamides is 1. The summed E-state index contributed by atoms with van der Waals surface area (Å²) in [6.07, 6.45) is 0. The molecule has 0 aliphatic carbocycles. The molecule has 3 rings (SSSR count). The van der Waals surface area contributed by atoms with E-state index in [1.807, 2.05) is 30.3 Å². The highest BCUT2D eigenvalue weighted by Crippen LogP contribution is 2.29. The fourth-order valence-electron chi connectivity index (χ4n) is 2.10. The van der Waals surface area contributed by atoms with Crippen LogP contribution in [0.2, 0.25) is 0 Å². The van der Waals surface area contributed by atoms with E-state index in [0.717, 1.165) is 5.69 Å². The average Bonchev–Trinajstić information content (AvgIpc) is 2.88. The lowest BCUT2D eigenvalue weighted by molar-refractivity contribution is -0.115. The van der Waals surface area contributed by atoms with E-state index in [9.17, 15) is 13.2 Å². The number of hydrogen-bond acceptors (Lipinski definition) is 5. The van der Waals surface area contributed by atoms with E-state index >= 15 is 0 Å². The molecule has 118 valence electrons. The lowest BCUT2D eigenvalue weighted by Crippen LogP contribution is -2.28. The van der Waals surface area contributed by atoms with Gasteiger partial charge in [-0.05, 0) is 36.4 Å². The number of thioether (sulfide) groups is 1. The van der Waals surface area contributed by atoms with Gasteiger partial charge in [-0.25, -0.2) is 18.5 Å². The molecule has 2 aromatic carbocycles. The monoisotopic (exact) mass is 347 g/mol. The number of amides is 1. The zero-order chi connectivity index (χ0) is 16.4. The first-order valence-corrected chi connectivity index (χ1v) is 9.21. The van der Waals surface area contributed by atoms with E-state index in [1.165, 1.54) is 23.9 Å². The van der Waals surface area contributed by atoms with Gasteiger partial charge >= 0.3 is 0 Å². The van der Waals surface area contributed by atoms with Gasteiger partial charge in [0.2, 0.25) is 15.9 Å². The Labute approximate surface area is 138 Å². The number of rotatable bonds is 3. The van der Waals surface area contributed by atoms with Gasteiger partial charge in [0.1, 0.15) is 0 Å². The Balaban J connectivity index is 1.93. The summed E-state index contributed by atoms with van der Waals surface area (Å²) in [5.74, 6) is 0.282. The van der Waals surface area contributed by atoms with Crippen molar-refractivity contribution in [3.63, 3.8) is 0 Å². The van der Waals surface area contributed by atoms with Crippen LogP contribution >= 0.6 is 11.8 Å². The van der Waals surface area contributed by atoms with E-state index in [0.29, 0.717) is 16.6 Å². The number of primary sulfonamides is 1. The van der Waals surface area contributed by atoms with Crippen molar-refractivity contribution in [1.82, 2.24) is 0 Å². The van der Waals surface area contributed by atoms with Crippen LogP contribution in [0.1, 0.15) is 0 Å². The van der Waals surface area contributed by atoms with E-state index in [4.69, 9.17) is 5.14 Å². The fraction of sp³-hybridized carbons (Fsp3) is 0.0667. The van der Waals surface area contributed by atoms with Crippen LogP contribution in [0.4, 0.5) is 11.4 Å². The normalized spacial score (nSPS) is 17.0. The molecule has 2 aromatic rings. The molecule has 0 radical (unpaired) electrons. The third-order valence-corrected chi connectivity index (χ3v) is 5.02. The highest BCUT2D eigenvalue weighted by Gasteiger charge is 2.29. The smallest absolute Gasteiger partial charge is 0.243 e. The molecule has 0 unspecified atom stereocenters. The average molecular weight is 347 g/mol. The highest BCUT2D eigenvalue weighted by atomic mass is 32.2. The molecular weight excluding hydrogens is 334 g/mol. The van der Waals surface area contributed by atoms with Gasteiger partial charge in [-0.3, -0.25) is 9.69 Å². The molecule has 1 aliphatic rings. The Morgan fingerprint density at radius 2 is 1.70 bits per heavy atom. The minimum atomic E-state index is -3.73. The van der Waals surface area contributed by atoms with Crippen molar-refractivity contribution < 1.29 is 13.2 Å². The van der Waals surface area contributed by atoms with Gasteiger partial charge in [0.25, 0.3) is 0 Å². The molecule has 1 fully saturated rings. The molecule has 8 heteroatoms. The molecule has 1 saturated heterocycles.